The maximum absolute atomic E-state index is 13.5. The van der Waals surface area contributed by atoms with Crippen molar-refractivity contribution in [2.24, 2.45) is 0 Å². The van der Waals surface area contributed by atoms with Crippen molar-refractivity contribution >= 4 is 29.2 Å². The number of ether oxygens (including phenoxy) is 1. The SMILES string of the molecule is CCOC(=O)c1ccc(F)cc1-c1cccc(Cl)c1Cl. The average Bonchev–Trinajstić information content (AvgIpc) is 2.42. The Labute approximate surface area is 126 Å². The minimum absolute atomic E-state index is 0.235. The Balaban J connectivity index is 2.63. The normalized spacial score (nSPS) is 10.4. The molecule has 2 nitrogen and oxygen atoms in total. The van der Waals surface area contributed by atoms with Gasteiger partial charge in [-0.15, -0.1) is 0 Å². The van der Waals surface area contributed by atoms with Gasteiger partial charge in [-0.05, 0) is 31.2 Å². The van der Waals surface area contributed by atoms with Crippen LogP contribution in [0.3, 0.4) is 0 Å². The molecule has 0 spiro atoms. The highest BCUT2D eigenvalue weighted by Gasteiger charge is 2.17. The summed E-state index contributed by atoms with van der Waals surface area (Å²) >= 11 is 12.1. The van der Waals surface area contributed by atoms with E-state index in [0.29, 0.717) is 16.1 Å². The molecule has 0 atom stereocenters. The zero-order valence-corrected chi connectivity index (χ0v) is 12.1. The first-order valence-corrected chi connectivity index (χ1v) is 6.71. The highest BCUT2D eigenvalue weighted by molar-refractivity contribution is 6.43. The van der Waals surface area contributed by atoms with Crippen molar-refractivity contribution < 1.29 is 13.9 Å². The summed E-state index contributed by atoms with van der Waals surface area (Å²) < 4.78 is 18.4. The molecule has 2 aromatic carbocycles. The van der Waals surface area contributed by atoms with Gasteiger partial charge in [0.25, 0.3) is 0 Å². The third-order valence-corrected chi connectivity index (χ3v) is 3.54. The first-order valence-electron chi connectivity index (χ1n) is 5.95. The number of rotatable bonds is 3. The van der Waals surface area contributed by atoms with Crippen LogP contribution in [-0.2, 0) is 4.74 Å². The van der Waals surface area contributed by atoms with Crippen molar-refractivity contribution in [1.82, 2.24) is 0 Å². The topological polar surface area (TPSA) is 26.3 Å². The van der Waals surface area contributed by atoms with Crippen molar-refractivity contribution in [3.63, 3.8) is 0 Å². The molecule has 0 heterocycles. The summed E-state index contributed by atoms with van der Waals surface area (Å²) in [6.45, 7) is 1.94. The smallest absolute Gasteiger partial charge is 0.338 e. The van der Waals surface area contributed by atoms with E-state index in [1.165, 1.54) is 18.2 Å². The summed E-state index contributed by atoms with van der Waals surface area (Å²) in [6.07, 6.45) is 0. The third kappa shape index (κ3) is 2.94. The minimum Gasteiger partial charge on any atom is -0.462 e. The van der Waals surface area contributed by atoms with Crippen LogP contribution in [0.15, 0.2) is 36.4 Å². The van der Waals surface area contributed by atoms with Gasteiger partial charge in [0.1, 0.15) is 5.82 Å². The molecule has 0 N–H and O–H groups in total. The molecule has 0 aromatic heterocycles. The Bertz CT molecular complexity index is 656. The van der Waals surface area contributed by atoms with Crippen LogP contribution in [0.5, 0.6) is 0 Å². The number of hydrogen-bond acceptors (Lipinski definition) is 2. The standard InChI is InChI=1S/C15H11Cl2FO2/c1-2-20-15(19)11-7-6-9(18)8-12(11)10-4-3-5-13(16)14(10)17/h3-8H,2H2,1H3. The van der Waals surface area contributed by atoms with Crippen LogP contribution in [0.1, 0.15) is 17.3 Å². The fourth-order valence-electron chi connectivity index (χ4n) is 1.84. The Morgan fingerprint density at radius 1 is 1.20 bits per heavy atom. The lowest BCUT2D eigenvalue weighted by Gasteiger charge is -2.11. The highest BCUT2D eigenvalue weighted by atomic mass is 35.5. The van der Waals surface area contributed by atoms with Gasteiger partial charge in [0.2, 0.25) is 0 Å². The van der Waals surface area contributed by atoms with Crippen LogP contribution >= 0.6 is 23.2 Å². The molecule has 0 radical (unpaired) electrons. The largest absolute Gasteiger partial charge is 0.462 e. The quantitative estimate of drug-likeness (QED) is 0.747. The molecule has 0 unspecified atom stereocenters. The van der Waals surface area contributed by atoms with Gasteiger partial charge in [0.05, 0.1) is 22.2 Å². The molecule has 104 valence electrons. The predicted octanol–water partition coefficient (Wildman–Crippen LogP) is 4.98. The van der Waals surface area contributed by atoms with Gasteiger partial charge in [-0.3, -0.25) is 0 Å². The zero-order valence-electron chi connectivity index (χ0n) is 10.6. The number of carbonyl (C=O) groups is 1. The molecule has 0 bridgehead atoms. The van der Waals surface area contributed by atoms with Crippen molar-refractivity contribution in [1.29, 1.82) is 0 Å². The second-order valence-corrected chi connectivity index (χ2v) is 4.80. The fourth-order valence-corrected chi connectivity index (χ4v) is 2.24. The Hall–Kier alpha value is -1.58. The molecule has 2 rings (SSSR count). The summed E-state index contributed by atoms with van der Waals surface area (Å²) in [5.41, 5.74) is 1.09. The molecule has 0 saturated carbocycles. The van der Waals surface area contributed by atoms with E-state index in [2.05, 4.69) is 0 Å². The Morgan fingerprint density at radius 3 is 2.65 bits per heavy atom. The molecule has 0 aliphatic carbocycles. The molecule has 0 amide bonds. The number of benzene rings is 2. The molecule has 20 heavy (non-hydrogen) atoms. The van der Waals surface area contributed by atoms with Crippen molar-refractivity contribution in [2.45, 2.75) is 6.92 Å². The maximum Gasteiger partial charge on any atom is 0.338 e. The summed E-state index contributed by atoms with van der Waals surface area (Å²) in [4.78, 5) is 11.9. The maximum atomic E-state index is 13.5. The van der Waals surface area contributed by atoms with Crippen LogP contribution in [0, 0.1) is 5.82 Å². The number of esters is 1. The van der Waals surface area contributed by atoms with E-state index in [-0.39, 0.29) is 17.2 Å². The van der Waals surface area contributed by atoms with Gasteiger partial charge in [-0.2, -0.15) is 0 Å². The first-order chi connectivity index (χ1) is 9.54. The van der Waals surface area contributed by atoms with Crippen LogP contribution in [-0.4, -0.2) is 12.6 Å². The minimum atomic E-state index is -0.529. The van der Waals surface area contributed by atoms with E-state index in [1.54, 1.807) is 25.1 Å². The first kappa shape index (κ1) is 14.8. The lowest BCUT2D eigenvalue weighted by atomic mass is 9.99. The van der Waals surface area contributed by atoms with E-state index in [0.717, 1.165) is 0 Å². The molecule has 5 heteroatoms. The summed E-state index contributed by atoms with van der Waals surface area (Å²) in [7, 11) is 0. The lowest BCUT2D eigenvalue weighted by molar-refractivity contribution is 0.0527. The van der Waals surface area contributed by atoms with Gasteiger partial charge in [-0.1, -0.05) is 35.3 Å². The second-order valence-electron chi connectivity index (χ2n) is 4.01. The Morgan fingerprint density at radius 2 is 1.95 bits per heavy atom. The van der Waals surface area contributed by atoms with E-state index in [1.807, 2.05) is 0 Å². The van der Waals surface area contributed by atoms with Crippen LogP contribution in [0.4, 0.5) is 4.39 Å². The zero-order chi connectivity index (χ0) is 14.7. The van der Waals surface area contributed by atoms with Crippen LogP contribution in [0.25, 0.3) is 11.1 Å². The van der Waals surface area contributed by atoms with Gasteiger partial charge in [0, 0.05) is 11.1 Å². The third-order valence-electron chi connectivity index (χ3n) is 2.72. The molecule has 0 saturated heterocycles. The molecule has 2 aromatic rings. The van der Waals surface area contributed by atoms with E-state index in [9.17, 15) is 9.18 Å². The molecule has 0 aliphatic heterocycles. The van der Waals surface area contributed by atoms with E-state index < -0.39 is 11.8 Å². The summed E-state index contributed by atoms with van der Waals surface area (Å²) in [6, 6.07) is 8.80. The average molecular weight is 313 g/mol. The Kier molecular flexibility index (Phi) is 4.63. The van der Waals surface area contributed by atoms with Gasteiger partial charge >= 0.3 is 5.97 Å². The molecule has 0 fully saturated rings. The second kappa shape index (κ2) is 6.25. The van der Waals surface area contributed by atoms with Crippen molar-refractivity contribution in [3.8, 4) is 11.1 Å². The molecular weight excluding hydrogens is 302 g/mol. The lowest BCUT2D eigenvalue weighted by Crippen LogP contribution is -2.07. The van der Waals surface area contributed by atoms with Crippen LogP contribution in [0.2, 0.25) is 10.0 Å². The predicted molar refractivity (Wildman–Crippen MR) is 77.8 cm³/mol. The highest BCUT2D eigenvalue weighted by Crippen LogP contribution is 2.35. The van der Waals surface area contributed by atoms with Gasteiger partial charge in [0.15, 0.2) is 0 Å². The monoisotopic (exact) mass is 312 g/mol. The number of carbonyl (C=O) groups excluding carboxylic acids is 1. The van der Waals surface area contributed by atoms with Crippen LogP contribution < -0.4 is 0 Å². The number of halogens is 3. The van der Waals surface area contributed by atoms with E-state index in [4.69, 9.17) is 27.9 Å². The fraction of sp³-hybridized carbons (Fsp3) is 0.133. The van der Waals surface area contributed by atoms with Crippen molar-refractivity contribution in [2.75, 3.05) is 6.61 Å². The summed E-state index contributed by atoms with van der Waals surface area (Å²) in [5, 5.41) is 0.605. The van der Waals surface area contributed by atoms with Gasteiger partial charge < -0.3 is 4.74 Å². The van der Waals surface area contributed by atoms with Crippen molar-refractivity contribution in [3.05, 3.63) is 57.8 Å². The van der Waals surface area contributed by atoms with Gasteiger partial charge in [-0.25, -0.2) is 9.18 Å². The number of hydrogen-bond donors (Lipinski definition) is 0. The molecular formula is C15H11Cl2FO2. The summed E-state index contributed by atoms with van der Waals surface area (Å²) in [5.74, 6) is -0.998. The van der Waals surface area contributed by atoms with E-state index >= 15 is 0 Å². The molecule has 0 aliphatic rings.